The number of carbonyl (C=O) groups excluding carboxylic acids is 1. The predicted octanol–water partition coefficient (Wildman–Crippen LogP) is 2.33. The third kappa shape index (κ3) is 2.98. The summed E-state index contributed by atoms with van der Waals surface area (Å²) in [4.78, 5) is 14.9. The van der Waals surface area contributed by atoms with Crippen molar-refractivity contribution in [2.45, 2.75) is 38.6 Å². The van der Waals surface area contributed by atoms with Crippen molar-refractivity contribution in [3.63, 3.8) is 0 Å². The largest absolute Gasteiger partial charge is 0.396 e. The summed E-state index contributed by atoms with van der Waals surface area (Å²) in [5.41, 5.74) is 6.85. The topological polar surface area (TPSA) is 82.2 Å². The Morgan fingerprint density at radius 3 is 2.71 bits per heavy atom. The van der Waals surface area contributed by atoms with Crippen LogP contribution in [0.25, 0.3) is 0 Å². The van der Waals surface area contributed by atoms with E-state index in [9.17, 15) is 10.1 Å². The van der Waals surface area contributed by atoms with E-state index in [0.29, 0.717) is 22.2 Å². The minimum atomic E-state index is -0.134. The first-order valence-electron chi connectivity index (χ1n) is 7.52. The number of amides is 1. The van der Waals surface area contributed by atoms with Gasteiger partial charge in [0.25, 0.3) is 5.91 Å². The van der Waals surface area contributed by atoms with Crippen LogP contribution in [0.15, 0.2) is 0 Å². The monoisotopic (exact) mass is 304 g/mol. The number of nitrogen functional groups attached to an aromatic ring is 1. The van der Waals surface area contributed by atoms with Crippen LogP contribution >= 0.6 is 11.3 Å². The lowest BCUT2D eigenvalue weighted by Crippen LogP contribution is -2.25. The Morgan fingerprint density at radius 1 is 1.48 bits per heavy atom. The first-order valence-corrected chi connectivity index (χ1v) is 8.33. The molecule has 112 valence electrons. The van der Waals surface area contributed by atoms with Crippen molar-refractivity contribution < 1.29 is 4.79 Å². The van der Waals surface area contributed by atoms with Crippen molar-refractivity contribution >= 4 is 27.9 Å². The zero-order valence-corrected chi connectivity index (χ0v) is 13.0. The maximum Gasteiger partial charge on any atom is 0.263 e. The summed E-state index contributed by atoms with van der Waals surface area (Å²) in [6.07, 6.45) is 4.60. The number of nitrogens with zero attached hydrogens (tertiary/aromatic N) is 2. The lowest BCUT2D eigenvalue weighted by atomic mass is 10.2. The van der Waals surface area contributed by atoms with Crippen LogP contribution < -0.4 is 16.0 Å². The Morgan fingerprint density at radius 2 is 2.19 bits per heavy atom. The van der Waals surface area contributed by atoms with Gasteiger partial charge < -0.3 is 16.0 Å². The highest BCUT2D eigenvalue weighted by Crippen LogP contribution is 2.40. The van der Waals surface area contributed by atoms with Crippen LogP contribution in [0.3, 0.4) is 0 Å². The van der Waals surface area contributed by atoms with Crippen molar-refractivity contribution in [3.8, 4) is 6.07 Å². The number of hydrogen-bond donors (Lipinski definition) is 2. The van der Waals surface area contributed by atoms with Gasteiger partial charge in [-0.2, -0.15) is 5.26 Å². The summed E-state index contributed by atoms with van der Waals surface area (Å²) in [7, 11) is 0. The molecule has 0 aliphatic heterocycles. The molecule has 2 aliphatic rings. The molecular formula is C15H20N4OS. The molecule has 0 unspecified atom stereocenters. The van der Waals surface area contributed by atoms with Crippen molar-refractivity contribution in [2.75, 3.05) is 23.7 Å². The molecule has 0 bridgehead atoms. The van der Waals surface area contributed by atoms with E-state index in [-0.39, 0.29) is 5.91 Å². The van der Waals surface area contributed by atoms with Crippen molar-refractivity contribution in [1.82, 2.24) is 5.32 Å². The van der Waals surface area contributed by atoms with Crippen LogP contribution in [-0.4, -0.2) is 25.0 Å². The zero-order chi connectivity index (χ0) is 15.0. The Bertz CT molecular complexity index is 596. The molecule has 3 N–H and O–H groups in total. The first kappa shape index (κ1) is 14.2. The standard InChI is InChI=1S/C15H20N4OS/c1-2-19(8-9-3-4-9)15-11(7-16)12(17)13(21-15)14(20)18-10-5-6-10/h9-10H,2-6,8,17H2,1H3,(H,18,20). The smallest absolute Gasteiger partial charge is 0.263 e. The SMILES string of the molecule is CCN(CC1CC1)c1sc(C(=O)NC2CC2)c(N)c1C#N. The van der Waals surface area contributed by atoms with E-state index >= 15 is 0 Å². The van der Waals surface area contributed by atoms with Crippen molar-refractivity contribution in [3.05, 3.63) is 10.4 Å². The van der Waals surface area contributed by atoms with Gasteiger partial charge in [0.2, 0.25) is 0 Å². The number of hydrogen-bond acceptors (Lipinski definition) is 5. The highest BCUT2D eigenvalue weighted by Gasteiger charge is 2.30. The van der Waals surface area contributed by atoms with E-state index in [1.165, 1.54) is 24.2 Å². The second-order valence-corrected chi connectivity index (χ2v) is 6.87. The molecule has 5 nitrogen and oxygen atoms in total. The number of rotatable bonds is 6. The third-order valence-electron chi connectivity index (χ3n) is 4.00. The van der Waals surface area contributed by atoms with Gasteiger partial charge in [-0.25, -0.2) is 0 Å². The zero-order valence-electron chi connectivity index (χ0n) is 12.2. The molecule has 0 saturated heterocycles. The predicted molar refractivity (Wildman–Crippen MR) is 84.5 cm³/mol. The van der Waals surface area contributed by atoms with Gasteiger partial charge in [0.15, 0.2) is 0 Å². The lowest BCUT2D eigenvalue weighted by molar-refractivity contribution is 0.0956. The molecule has 2 fully saturated rings. The number of nitriles is 1. The van der Waals surface area contributed by atoms with Crippen LogP contribution in [0, 0.1) is 17.2 Å². The summed E-state index contributed by atoms with van der Waals surface area (Å²) in [5, 5.41) is 13.2. The fraction of sp³-hybridized carbons (Fsp3) is 0.600. The van der Waals surface area contributed by atoms with Gasteiger partial charge in [-0.1, -0.05) is 0 Å². The number of nitrogens with two attached hydrogens (primary N) is 1. The summed E-state index contributed by atoms with van der Waals surface area (Å²) in [5.74, 6) is 0.591. The van der Waals surface area contributed by atoms with Gasteiger partial charge in [-0.05, 0) is 38.5 Å². The van der Waals surface area contributed by atoms with E-state index in [1.807, 2.05) is 0 Å². The molecule has 21 heavy (non-hydrogen) atoms. The molecular weight excluding hydrogens is 284 g/mol. The highest BCUT2D eigenvalue weighted by atomic mass is 32.1. The second kappa shape index (κ2) is 5.57. The van der Waals surface area contributed by atoms with E-state index in [1.54, 1.807) is 0 Å². The fourth-order valence-corrected chi connectivity index (χ4v) is 3.52. The van der Waals surface area contributed by atoms with Crippen LogP contribution in [0.5, 0.6) is 0 Å². The maximum atomic E-state index is 12.2. The normalized spacial score (nSPS) is 17.3. The van der Waals surface area contributed by atoms with Crippen LogP contribution in [0.4, 0.5) is 10.7 Å². The molecule has 3 rings (SSSR count). The van der Waals surface area contributed by atoms with E-state index in [4.69, 9.17) is 5.73 Å². The van der Waals surface area contributed by atoms with E-state index in [2.05, 4.69) is 23.2 Å². The second-order valence-electron chi connectivity index (χ2n) is 5.87. The quantitative estimate of drug-likeness (QED) is 0.845. The lowest BCUT2D eigenvalue weighted by Gasteiger charge is -2.21. The number of nitrogens with one attached hydrogen (secondary N) is 1. The molecule has 0 spiro atoms. The molecule has 1 heterocycles. The number of anilines is 2. The van der Waals surface area contributed by atoms with Crippen molar-refractivity contribution in [1.29, 1.82) is 5.26 Å². The summed E-state index contributed by atoms with van der Waals surface area (Å²) in [6.45, 7) is 3.85. The maximum absolute atomic E-state index is 12.2. The average Bonchev–Trinajstić information content (AvgIpc) is 3.37. The molecule has 1 amide bonds. The van der Waals surface area contributed by atoms with Crippen LogP contribution in [0.1, 0.15) is 47.8 Å². The molecule has 6 heteroatoms. The van der Waals surface area contributed by atoms with Gasteiger partial charge in [-0.3, -0.25) is 4.79 Å². The minimum Gasteiger partial charge on any atom is -0.396 e. The van der Waals surface area contributed by atoms with Gasteiger partial charge in [0, 0.05) is 19.1 Å². The Labute approximate surface area is 128 Å². The van der Waals surface area contributed by atoms with Crippen LogP contribution in [0.2, 0.25) is 0 Å². The third-order valence-corrected chi connectivity index (χ3v) is 5.27. The van der Waals surface area contributed by atoms with Crippen LogP contribution in [-0.2, 0) is 0 Å². The molecule has 2 saturated carbocycles. The van der Waals surface area contributed by atoms with Gasteiger partial charge in [0.05, 0.1) is 5.69 Å². The van der Waals surface area contributed by atoms with E-state index in [0.717, 1.165) is 36.9 Å². The Kier molecular flexibility index (Phi) is 3.77. The fourth-order valence-electron chi connectivity index (χ4n) is 2.38. The number of thiophene rings is 1. The van der Waals surface area contributed by atoms with Gasteiger partial charge >= 0.3 is 0 Å². The number of carbonyl (C=O) groups is 1. The summed E-state index contributed by atoms with van der Waals surface area (Å²) in [6, 6.07) is 2.47. The average molecular weight is 304 g/mol. The molecule has 1 aromatic rings. The van der Waals surface area contributed by atoms with E-state index < -0.39 is 0 Å². The van der Waals surface area contributed by atoms with Crippen molar-refractivity contribution in [2.24, 2.45) is 5.92 Å². The molecule has 0 radical (unpaired) electrons. The first-order chi connectivity index (χ1) is 10.1. The molecule has 1 aromatic heterocycles. The van der Waals surface area contributed by atoms with Gasteiger partial charge in [-0.15, -0.1) is 11.3 Å². The Balaban J connectivity index is 1.87. The molecule has 0 aromatic carbocycles. The minimum absolute atomic E-state index is 0.134. The molecule has 2 aliphatic carbocycles. The summed E-state index contributed by atoms with van der Waals surface area (Å²) >= 11 is 1.36. The Hall–Kier alpha value is -1.74. The summed E-state index contributed by atoms with van der Waals surface area (Å²) < 4.78 is 0. The molecule has 0 atom stereocenters. The highest BCUT2D eigenvalue weighted by molar-refractivity contribution is 7.19. The van der Waals surface area contributed by atoms with Gasteiger partial charge in [0.1, 0.15) is 21.5 Å².